The molecule has 0 radical (unpaired) electrons. The first-order valence-corrected chi connectivity index (χ1v) is 13.3. The van der Waals surface area contributed by atoms with Gasteiger partial charge in [0.25, 0.3) is 5.56 Å². The van der Waals surface area contributed by atoms with Gasteiger partial charge in [-0.3, -0.25) is 23.4 Å². The Morgan fingerprint density at radius 2 is 1.72 bits per heavy atom. The number of H-pyrrole nitrogens is 1. The summed E-state index contributed by atoms with van der Waals surface area (Å²) in [4.78, 5) is 45.2. The van der Waals surface area contributed by atoms with Crippen LogP contribution in [0.4, 0.5) is 0 Å². The molecule has 0 aromatic carbocycles. The van der Waals surface area contributed by atoms with Crippen LogP contribution in [0.3, 0.4) is 0 Å². The number of aromatic nitrogens is 2. The van der Waals surface area contributed by atoms with Crippen LogP contribution in [0.2, 0.25) is 0 Å². The van der Waals surface area contributed by atoms with Gasteiger partial charge in [-0.1, -0.05) is 0 Å². The van der Waals surface area contributed by atoms with Gasteiger partial charge in [0.1, 0.15) is 36.7 Å². The summed E-state index contributed by atoms with van der Waals surface area (Å²) in [5.41, 5.74) is -1.27. The molecular formula is C16H26N2O16P2. The Morgan fingerprint density at radius 1 is 1.06 bits per heavy atom. The molecule has 8 N–H and O–H groups in total. The molecule has 1 aromatic rings. The predicted molar refractivity (Wildman–Crippen MR) is 112 cm³/mol. The summed E-state index contributed by atoms with van der Waals surface area (Å²) in [6.45, 7) is -0.305. The number of nitrogens with one attached hydrogen (secondary N) is 1. The average molecular weight is 564 g/mol. The Balaban J connectivity index is 1.59. The first kappa shape index (κ1) is 29.2. The monoisotopic (exact) mass is 564 g/mol. The minimum atomic E-state index is -5.54. The summed E-state index contributed by atoms with van der Waals surface area (Å²) in [6.07, 6.45) is -12.2. The number of ether oxygens (including phenoxy) is 2. The van der Waals surface area contributed by atoms with E-state index in [-0.39, 0.29) is 12.0 Å². The van der Waals surface area contributed by atoms with E-state index in [1.165, 1.54) is 13.1 Å². The maximum absolute atomic E-state index is 12.2. The Morgan fingerprint density at radius 3 is 2.36 bits per heavy atom. The van der Waals surface area contributed by atoms with Crippen LogP contribution >= 0.6 is 15.6 Å². The standard InChI is InChI=1S/C16H26N2O16P2/c1-6-3-18(16(25)17-14(6)24)10-2-7(20)9(31-10)5-30-35(26,27)34-36(28,29)33-15-13(23)12(22)11(21)8(4-19)32-15/h3,7-13,15,19-23H,2,4-5H2,1H3,(H,26,27)(H,28,29)(H,17,24,25)/t7?,8?,9-,10-,11-,12+,13?,15-/m1/s1. The third kappa shape index (κ3) is 6.75. The quantitative estimate of drug-likeness (QED) is 0.135. The van der Waals surface area contributed by atoms with E-state index >= 15 is 0 Å². The summed E-state index contributed by atoms with van der Waals surface area (Å²) in [5.74, 6) is 0. The van der Waals surface area contributed by atoms with Gasteiger partial charge in [-0.15, -0.1) is 0 Å². The average Bonchev–Trinajstić information content (AvgIpc) is 3.14. The summed E-state index contributed by atoms with van der Waals surface area (Å²) >= 11 is 0. The Kier molecular flexibility index (Phi) is 9.08. The summed E-state index contributed by atoms with van der Waals surface area (Å²) in [7, 11) is -10.9. The molecule has 10 atom stereocenters. The van der Waals surface area contributed by atoms with Crippen LogP contribution in [0, 0.1) is 6.92 Å². The number of nitrogens with zero attached hydrogens (tertiary/aromatic N) is 1. The molecule has 206 valence electrons. The Bertz CT molecular complexity index is 1140. The van der Waals surface area contributed by atoms with Crippen LogP contribution < -0.4 is 11.2 Å². The number of phosphoric acid groups is 2. The molecule has 18 nitrogen and oxygen atoms in total. The third-order valence-corrected chi connectivity index (χ3v) is 7.95. The van der Waals surface area contributed by atoms with E-state index in [2.05, 4.69) is 18.3 Å². The molecular weight excluding hydrogens is 538 g/mol. The van der Waals surface area contributed by atoms with Crippen molar-refractivity contribution < 1.29 is 67.3 Å². The molecule has 2 fully saturated rings. The van der Waals surface area contributed by atoms with Gasteiger partial charge in [0.2, 0.25) is 0 Å². The number of aliphatic hydroxyl groups is 5. The smallest absolute Gasteiger partial charge is 0.394 e. The molecule has 0 amide bonds. The van der Waals surface area contributed by atoms with E-state index in [1.54, 1.807) is 0 Å². The first-order chi connectivity index (χ1) is 16.6. The molecule has 2 aliphatic rings. The fourth-order valence-electron chi connectivity index (χ4n) is 3.46. The van der Waals surface area contributed by atoms with Crippen LogP contribution in [-0.4, -0.2) is 101 Å². The second-order valence-corrected chi connectivity index (χ2v) is 11.0. The van der Waals surface area contributed by atoms with Crippen LogP contribution in [-0.2, 0) is 32.0 Å². The van der Waals surface area contributed by atoms with Gasteiger partial charge < -0.3 is 44.8 Å². The first-order valence-electron chi connectivity index (χ1n) is 10.3. The maximum atomic E-state index is 12.2. The number of aromatic amines is 1. The molecule has 0 spiro atoms. The van der Waals surface area contributed by atoms with E-state index in [0.717, 1.165) is 4.57 Å². The lowest BCUT2D eigenvalue weighted by Crippen LogP contribution is -2.58. The molecule has 20 heteroatoms. The Hall–Kier alpha value is -1.34. The van der Waals surface area contributed by atoms with Gasteiger partial charge in [-0.05, 0) is 6.92 Å². The number of aryl methyl sites for hydroxylation is 1. The molecule has 1 aromatic heterocycles. The van der Waals surface area contributed by atoms with Crippen LogP contribution in [0.15, 0.2) is 15.8 Å². The minimum Gasteiger partial charge on any atom is -0.394 e. The van der Waals surface area contributed by atoms with Crippen LogP contribution in [0.5, 0.6) is 0 Å². The van der Waals surface area contributed by atoms with Crippen LogP contribution in [0.1, 0.15) is 18.2 Å². The molecule has 3 rings (SSSR count). The number of rotatable bonds is 9. The Labute approximate surface area is 201 Å². The molecule has 2 saturated heterocycles. The minimum absolute atomic E-state index is 0.172. The van der Waals surface area contributed by atoms with E-state index in [0.29, 0.717) is 0 Å². The highest BCUT2D eigenvalue weighted by atomic mass is 31.3. The summed E-state index contributed by atoms with van der Waals surface area (Å²) in [6, 6.07) is 0. The van der Waals surface area contributed by atoms with Gasteiger partial charge in [0, 0.05) is 18.2 Å². The second-order valence-electron chi connectivity index (χ2n) is 8.03. The number of phosphoric ester groups is 2. The van der Waals surface area contributed by atoms with Gasteiger partial charge in [-0.25, -0.2) is 13.9 Å². The van der Waals surface area contributed by atoms with Crippen molar-refractivity contribution in [3.05, 3.63) is 32.6 Å². The van der Waals surface area contributed by atoms with Crippen molar-refractivity contribution in [2.24, 2.45) is 0 Å². The normalized spacial score (nSPS) is 36.3. The fourth-order valence-corrected chi connectivity index (χ4v) is 5.62. The molecule has 0 saturated carbocycles. The topological polar surface area (TPSA) is 277 Å². The number of aliphatic hydroxyl groups excluding tert-OH is 5. The van der Waals surface area contributed by atoms with Crippen molar-refractivity contribution in [3.63, 3.8) is 0 Å². The summed E-state index contributed by atoms with van der Waals surface area (Å²) < 4.78 is 48.8. The van der Waals surface area contributed by atoms with E-state index in [4.69, 9.17) is 14.6 Å². The molecule has 5 unspecified atom stereocenters. The van der Waals surface area contributed by atoms with E-state index in [1.807, 2.05) is 0 Å². The van der Waals surface area contributed by atoms with Gasteiger partial charge in [-0.2, -0.15) is 4.31 Å². The van der Waals surface area contributed by atoms with Crippen molar-refractivity contribution in [2.75, 3.05) is 13.2 Å². The van der Waals surface area contributed by atoms with E-state index in [9.17, 15) is 48.9 Å². The van der Waals surface area contributed by atoms with Crippen molar-refractivity contribution in [1.82, 2.24) is 9.55 Å². The van der Waals surface area contributed by atoms with E-state index < -0.39 is 89.2 Å². The zero-order chi connectivity index (χ0) is 27.0. The molecule has 0 aliphatic carbocycles. The highest BCUT2D eigenvalue weighted by molar-refractivity contribution is 7.61. The zero-order valence-corrected chi connectivity index (χ0v) is 20.3. The van der Waals surface area contributed by atoms with Crippen molar-refractivity contribution >= 4 is 15.6 Å². The van der Waals surface area contributed by atoms with Crippen molar-refractivity contribution in [1.29, 1.82) is 0 Å². The van der Waals surface area contributed by atoms with Crippen molar-refractivity contribution in [3.8, 4) is 0 Å². The summed E-state index contributed by atoms with van der Waals surface area (Å²) in [5, 5.41) is 48.5. The molecule has 36 heavy (non-hydrogen) atoms. The largest absolute Gasteiger partial charge is 0.483 e. The lowest BCUT2D eigenvalue weighted by atomic mass is 10.00. The third-order valence-electron chi connectivity index (χ3n) is 5.35. The molecule has 2 aliphatic heterocycles. The number of hydrogen-bond donors (Lipinski definition) is 8. The van der Waals surface area contributed by atoms with Crippen LogP contribution in [0.25, 0.3) is 0 Å². The highest BCUT2D eigenvalue weighted by Gasteiger charge is 2.48. The second kappa shape index (κ2) is 11.2. The SMILES string of the molecule is Cc1cn([C@H]2CC(O)[C@@H](COP(=O)(O)OP(=O)(O)O[C@H]3OC(CO)[C@@H](O)[C@H](O)C3O)O2)c(=O)[nH]c1=O. The maximum Gasteiger partial charge on any atom is 0.483 e. The van der Waals surface area contributed by atoms with Gasteiger partial charge >= 0.3 is 21.3 Å². The zero-order valence-electron chi connectivity index (χ0n) is 18.5. The molecule has 0 bridgehead atoms. The lowest BCUT2D eigenvalue weighted by molar-refractivity contribution is -0.280. The van der Waals surface area contributed by atoms with Gasteiger partial charge in [0.05, 0.1) is 19.3 Å². The fraction of sp³-hybridized carbons (Fsp3) is 0.750. The predicted octanol–water partition coefficient (Wildman–Crippen LogP) is -3.46. The highest BCUT2D eigenvalue weighted by Crippen LogP contribution is 2.61. The van der Waals surface area contributed by atoms with Gasteiger partial charge in [0.15, 0.2) is 6.29 Å². The number of hydrogen-bond acceptors (Lipinski definition) is 14. The van der Waals surface area contributed by atoms with Crippen molar-refractivity contribution in [2.45, 2.75) is 62.5 Å². The lowest BCUT2D eigenvalue weighted by Gasteiger charge is -2.39. The molecule has 3 heterocycles.